The average Bonchev–Trinajstić information content (AvgIpc) is 2.98. The van der Waals surface area contributed by atoms with Crippen molar-refractivity contribution in [3.8, 4) is 18.1 Å². The second kappa shape index (κ2) is 11.9. The van der Waals surface area contributed by atoms with Gasteiger partial charge in [-0.3, -0.25) is 9.59 Å². The Bertz CT molecular complexity index is 1390. The van der Waals surface area contributed by atoms with Crippen molar-refractivity contribution in [1.29, 1.82) is 0 Å². The molecule has 0 spiro atoms. The highest BCUT2D eigenvalue weighted by Crippen LogP contribution is 2.35. The first-order valence-corrected chi connectivity index (χ1v) is 13.1. The Labute approximate surface area is 233 Å². The molecule has 0 aliphatic carbocycles. The van der Waals surface area contributed by atoms with Crippen molar-refractivity contribution in [3.05, 3.63) is 102 Å². The molecule has 3 aromatic rings. The summed E-state index contributed by atoms with van der Waals surface area (Å²) in [5.41, 5.74) is 2.52. The Kier molecular flexibility index (Phi) is 7.99. The molecule has 0 aromatic heterocycles. The van der Waals surface area contributed by atoms with E-state index in [-0.39, 0.29) is 31.4 Å². The van der Waals surface area contributed by atoms with E-state index >= 15 is 0 Å². The highest BCUT2D eigenvalue weighted by Gasteiger charge is 2.51. The topological polar surface area (TPSA) is 85.4 Å². The Morgan fingerprint density at radius 2 is 1.65 bits per heavy atom. The maximum atomic E-state index is 14.0. The van der Waals surface area contributed by atoms with E-state index in [0.717, 1.165) is 11.1 Å². The summed E-state index contributed by atoms with van der Waals surface area (Å²) in [4.78, 5) is 44.6. The Morgan fingerprint density at radius 1 is 0.975 bits per heavy atom. The number of urea groups is 1. The van der Waals surface area contributed by atoms with Gasteiger partial charge in [-0.05, 0) is 28.8 Å². The van der Waals surface area contributed by atoms with E-state index in [2.05, 4.69) is 11.2 Å². The number of hydrazine groups is 1. The van der Waals surface area contributed by atoms with E-state index in [9.17, 15) is 14.4 Å². The number of carbonyl (C=O) groups excluding carboxylic acids is 3. The third-order valence-corrected chi connectivity index (χ3v) is 7.14. The van der Waals surface area contributed by atoms with Crippen LogP contribution in [0.4, 0.5) is 4.79 Å². The van der Waals surface area contributed by atoms with Crippen LogP contribution in [0.1, 0.15) is 22.7 Å². The number of benzene rings is 3. The third kappa shape index (κ3) is 5.48. The molecule has 2 fully saturated rings. The highest BCUT2D eigenvalue weighted by molar-refractivity contribution is 5.92. The van der Waals surface area contributed by atoms with Crippen molar-refractivity contribution in [2.75, 3.05) is 26.7 Å². The molecule has 0 bridgehead atoms. The second-order valence-electron chi connectivity index (χ2n) is 9.68. The van der Waals surface area contributed by atoms with E-state index < -0.39 is 18.2 Å². The van der Waals surface area contributed by atoms with E-state index in [1.165, 1.54) is 9.91 Å². The molecule has 1 N–H and O–H groups in total. The molecule has 9 nitrogen and oxygen atoms in total. The van der Waals surface area contributed by atoms with Crippen molar-refractivity contribution < 1.29 is 19.1 Å². The van der Waals surface area contributed by atoms with Crippen molar-refractivity contribution >= 4 is 17.8 Å². The monoisotopic (exact) mass is 537 g/mol. The van der Waals surface area contributed by atoms with Crippen LogP contribution < -0.4 is 10.1 Å². The van der Waals surface area contributed by atoms with Gasteiger partial charge in [-0.2, -0.15) is 5.01 Å². The predicted octanol–water partition coefficient (Wildman–Crippen LogP) is 3.01. The van der Waals surface area contributed by atoms with Gasteiger partial charge in [0.2, 0.25) is 5.91 Å². The molecule has 0 saturated carbocycles. The molecule has 2 atom stereocenters. The van der Waals surface area contributed by atoms with Gasteiger partial charge in [0.05, 0.1) is 26.7 Å². The SMILES string of the molecule is C#CCN1CC(=O)N2C(CN(Cc3ccc(OC)cc3)C(=O)[C@@H]2c2ccccc2)N1C(=O)NCc1ccccc1. The first-order valence-electron chi connectivity index (χ1n) is 13.1. The number of piperazine rings is 1. The van der Waals surface area contributed by atoms with Gasteiger partial charge in [-0.25, -0.2) is 9.80 Å². The van der Waals surface area contributed by atoms with Gasteiger partial charge >= 0.3 is 6.03 Å². The lowest BCUT2D eigenvalue weighted by molar-refractivity contribution is -0.190. The lowest BCUT2D eigenvalue weighted by Gasteiger charge is -2.54. The number of carbonyl (C=O) groups is 3. The number of hydrogen-bond acceptors (Lipinski definition) is 5. The molecule has 4 amide bonds. The van der Waals surface area contributed by atoms with Crippen LogP contribution in [0.5, 0.6) is 5.75 Å². The summed E-state index contributed by atoms with van der Waals surface area (Å²) in [5.74, 6) is 2.81. The molecule has 1 unspecified atom stereocenters. The van der Waals surface area contributed by atoms with Gasteiger partial charge in [-0.15, -0.1) is 6.42 Å². The molecule has 5 rings (SSSR count). The van der Waals surface area contributed by atoms with Gasteiger partial charge in [0.25, 0.3) is 5.91 Å². The molecular weight excluding hydrogens is 506 g/mol. The van der Waals surface area contributed by atoms with E-state index in [0.29, 0.717) is 24.4 Å². The minimum atomic E-state index is -0.886. The largest absolute Gasteiger partial charge is 0.497 e. The Balaban J connectivity index is 1.50. The number of amides is 4. The lowest BCUT2D eigenvalue weighted by atomic mass is 9.98. The maximum Gasteiger partial charge on any atom is 0.334 e. The lowest BCUT2D eigenvalue weighted by Crippen LogP contribution is -2.74. The van der Waals surface area contributed by atoms with Crippen molar-refractivity contribution in [2.45, 2.75) is 25.3 Å². The average molecular weight is 538 g/mol. The summed E-state index contributed by atoms with van der Waals surface area (Å²) < 4.78 is 5.27. The molecule has 2 aliphatic heterocycles. The normalized spacial score (nSPS) is 19.1. The Morgan fingerprint density at radius 3 is 2.30 bits per heavy atom. The standard InChI is InChI=1S/C31H31N5O4/c1-3-18-34-22-28(37)35-27(36(34)31(39)32-19-23-10-6-4-7-11-23)21-33(20-24-14-16-26(40-2)17-15-24)30(38)29(35)25-12-8-5-9-13-25/h1,4-17,27,29H,18-22H2,2H3,(H,32,39)/t27?,29-/m0/s1. The van der Waals surface area contributed by atoms with E-state index in [1.807, 2.05) is 84.9 Å². The smallest absolute Gasteiger partial charge is 0.334 e. The number of methoxy groups -OCH3 is 1. The summed E-state index contributed by atoms with van der Waals surface area (Å²) in [7, 11) is 1.60. The van der Waals surface area contributed by atoms with Crippen LogP contribution in [0.3, 0.4) is 0 Å². The predicted molar refractivity (Wildman–Crippen MR) is 149 cm³/mol. The molecular formula is C31H31N5O4. The fourth-order valence-corrected chi connectivity index (χ4v) is 5.23. The van der Waals surface area contributed by atoms with E-state index in [1.54, 1.807) is 17.0 Å². The first-order chi connectivity index (χ1) is 19.5. The summed E-state index contributed by atoms with van der Waals surface area (Å²) in [5, 5.41) is 6.05. The number of nitrogens with one attached hydrogen (secondary N) is 1. The summed E-state index contributed by atoms with van der Waals surface area (Å²) >= 11 is 0. The van der Waals surface area contributed by atoms with Crippen LogP contribution in [0.25, 0.3) is 0 Å². The zero-order chi connectivity index (χ0) is 28.1. The van der Waals surface area contributed by atoms with Crippen LogP contribution in [-0.2, 0) is 22.7 Å². The number of rotatable bonds is 7. The zero-order valence-corrected chi connectivity index (χ0v) is 22.3. The van der Waals surface area contributed by atoms with Crippen molar-refractivity contribution in [1.82, 2.24) is 25.1 Å². The molecule has 2 saturated heterocycles. The van der Waals surface area contributed by atoms with Gasteiger partial charge in [-0.1, -0.05) is 78.7 Å². The summed E-state index contributed by atoms with van der Waals surface area (Å²) in [6.07, 6.45) is 4.89. The van der Waals surface area contributed by atoms with Crippen LogP contribution in [0.15, 0.2) is 84.9 Å². The van der Waals surface area contributed by atoms with Gasteiger partial charge < -0.3 is 19.9 Å². The maximum absolute atomic E-state index is 14.0. The minimum absolute atomic E-state index is 0.0667. The van der Waals surface area contributed by atoms with Crippen LogP contribution in [0, 0.1) is 12.3 Å². The molecule has 2 heterocycles. The first kappa shape index (κ1) is 26.8. The number of fused-ring (bicyclic) bond motifs is 1. The fourth-order valence-electron chi connectivity index (χ4n) is 5.23. The summed E-state index contributed by atoms with van der Waals surface area (Å²) in [6, 6.07) is 25.0. The fraction of sp³-hybridized carbons (Fsp3) is 0.258. The third-order valence-electron chi connectivity index (χ3n) is 7.14. The van der Waals surface area contributed by atoms with Gasteiger partial charge in [0.15, 0.2) is 0 Å². The Hall–Kier alpha value is -4.81. The number of ether oxygens (including phenoxy) is 1. The highest BCUT2D eigenvalue weighted by atomic mass is 16.5. The number of nitrogens with zero attached hydrogens (tertiary/aromatic N) is 4. The molecule has 2 aliphatic rings. The van der Waals surface area contributed by atoms with Gasteiger partial charge in [0, 0.05) is 13.1 Å². The van der Waals surface area contributed by atoms with Crippen molar-refractivity contribution in [2.24, 2.45) is 0 Å². The molecule has 0 radical (unpaired) electrons. The molecule has 40 heavy (non-hydrogen) atoms. The quantitative estimate of drug-likeness (QED) is 0.469. The molecule has 204 valence electrons. The van der Waals surface area contributed by atoms with Crippen molar-refractivity contribution in [3.63, 3.8) is 0 Å². The molecule has 3 aromatic carbocycles. The van der Waals surface area contributed by atoms with Crippen LogP contribution in [0.2, 0.25) is 0 Å². The number of terminal acetylenes is 1. The van der Waals surface area contributed by atoms with Crippen LogP contribution in [-0.4, -0.2) is 70.6 Å². The zero-order valence-electron chi connectivity index (χ0n) is 22.3. The molecule has 9 heteroatoms. The van der Waals surface area contributed by atoms with Gasteiger partial charge in [0.1, 0.15) is 18.0 Å². The minimum Gasteiger partial charge on any atom is -0.497 e. The second-order valence-corrected chi connectivity index (χ2v) is 9.68. The number of hydrogen-bond donors (Lipinski definition) is 1. The van der Waals surface area contributed by atoms with Crippen LogP contribution >= 0.6 is 0 Å². The van der Waals surface area contributed by atoms with E-state index in [4.69, 9.17) is 11.2 Å². The summed E-state index contributed by atoms with van der Waals surface area (Å²) in [6.45, 7) is 0.683.